The minimum atomic E-state index is -0.352. The Morgan fingerprint density at radius 2 is 1.82 bits per heavy atom. The number of nitro benzene ring substituents is 1. The zero-order chi connectivity index (χ0) is 22.6. The number of carbonyl (C=O) groups is 1. The molecule has 8 heteroatoms. The molecule has 176 valence electrons. The van der Waals surface area contributed by atoms with Crippen molar-refractivity contribution in [3.63, 3.8) is 0 Å². The Morgan fingerprint density at radius 3 is 2.61 bits per heavy atom. The number of rotatable bonds is 2. The number of hydrogen-bond acceptors (Lipinski definition) is 5. The number of benzene rings is 1. The quantitative estimate of drug-likeness (QED) is 0.501. The first-order chi connectivity index (χ1) is 16.0. The van der Waals surface area contributed by atoms with Crippen LogP contribution in [-0.2, 0) is 4.79 Å². The molecule has 0 unspecified atom stereocenters. The molecule has 8 nitrogen and oxygen atoms in total. The van der Waals surface area contributed by atoms with Gasteiger partial charge in [-0.15, -0.1) is 0 Å². The van der Waals surface area contributed by atoms with Gasteiger partial charge in [-0.2, -0.15) is 0 Å². The first-order valence-electron chi connectivity index (χ1n) is 12.7. The first-order valence-corrected chi connectivity index (χ1v) is 12.7. The van der Waals surface area contributed by atoms with E-state index in [2.05, 4.69) is 15.5 Å². The molecule has 3 aliphatic heterocycles. The number of nitrogens with one attached hydrogen (secondary N) is 2. The molecule has 1 spiro atoms. The predicted octanol–water partition coefficient (Wildman–Crippen LogP) is 4.71. The van der Waals surface area contributed by atoms with Crippen LogP contribution in [0.3, 0.4) is 0 Å². The maximum atomic E-state index is 12.7. The summed E-state index contributed by atoms with van der Waals surface area (Å²) in [6.07, 6.45) is 11.6. The molecule has 1 aromatic carbocycles. The van der Waals surface area contributed by atoms with Crippen LogP contribution in [0.5, 0.6) is 0 Å². The van der Waals surface area contributed by atoms with Gasteiger partial charge < -0.3 is 15.5 Å². The van der Waals surface area contributed by atoms with E-state index in [1.165, 1.54) is 19.3 Å². The second-order valence-corrected chi connectivity index (χ2v) is 10.8. The Hall–Kier alpha value is -2.64. The molecule has 2 saturated heterocycles. The van der Waals surface area contributed by atoms with Gasteiger partial charge in [-0.25, -0.2) is 0 Å². The SMILES string of the molecule is O=C1CCC[C@@H]2C[C@@]3(C[C@@H]4CCN1[C@H]24)Nc1cc([N+](=O)[O-])ccc1NC3=NC1CCCCC1. The molecule has 3 heterocycles. The largest absolute Gasteiger partial charge is 0.371 e. The Morgan fingerprint density at radius 1 is 1.03 bits per heavy atom. The maximum absolute atomic E-state index is 12.7. The molecule has 2 saturated carbocycles. The summed E-state index contributed by atoms with van der Waals surface area (Å²) in [5.74, 6) is 2.22. The molecule has 0 bridgehead atoms. The van der Waals surface area contributed by atoms with Crippen molar-refractivity contribution in [1.82, 2.24) is 4.90 Å². The van der Waals surface area contributed by atoms with E-state index >= 15 is 0 Å². The monoisotopic (exact) mass is 451 g/mol. The lowest BCUT2D eigenvalue weighted by Crippen LogP contribution is -2.60. The van der Waals surface area contributed by atoms with E-state index in [-0.39, 0.29) is 16.1 Å². The minimum Gasteiger partial charge on any atom is -0.371 e. The molecule has 4 atom stereocenters. The molecule has 6 rings (SSSR count). The number of carbonyl (C=O) groups excluding carboxylic acids is 1. The lowest BCUT2D eigenvalue weighted by molar-refractivity contribution is -0.384. The zero-order valence-corrected chi connectivity index (χ0v) is 19.1. The fraction of sp³-hybridized carbons (Fsp3) is 0.680. The van der Waals surface area contributed by atoms with Crippen molar-refractivity contribution in [1.29, 1.82) is 0 Å². The van der Waals surface area contributed by atoms with Crippen LogP contribution in [0, 0.1) is 22.0 Å². The van der Waals surface area contributed by atoms with Crippen LogP contribution in [0.25, 0.3) is 0 Å². The van der Waals surface area contributed by atoms with Crippen molar-refractivity contribution in [2.75, 3.05) is 17.2 Å². The summed E-state index contributed by atoms with van der Waals surface area (Å²) in [7, 11) is 0. The molecule has 4 fully saturated rings. The zero-order valence-electron chi connectivity index (χ0n) is 19.1. The van der Waals surface area contributed by atoms with Crippen LogP contribution in [0.15, 0.2) is 23.2 Å². The van der Waals surface area contributed by atoms with Gasteiger partial charge in [0.05, 0.1) is 27.9 Å². The van der Waals surface area contributed by atoms with Crippen LogP contribution in [0.1, 0.15) is 70.6 Å². The molecular weight excluding hydrogens is 418 g/mol. The Labute approximate surface area is 194 Å². The predicted molar refractivity (Wildman–Crippen MR) is 128 cm³/mol. The van der Waals surface area contributed by atoms with E-state index < -0.39 is 0 Å². The number of hydrogen-bond donors (Lipinski definition) is 2. The van der Waals surface area contributed by atoms with Crippen molar-refractivity contribution in [2.45, 2.75) is 88.3 Å². The van der Waals surface area contributed by atoms with Crippen molar-refractivity contribution in [3.05, 3.63) is 28.3 Å². The van der Waals surface area contributed by atoms with Gasteiger partial charge in [0.15, 0.2) is 0 Å². The normalized spacial score (nSPS) is 34.9. The molecule has 0 radical (unpaired) electrons. The Balaban J connectivity index is 1.40. The standard InChI is InChI=1S/C25H33N5O3/c31-22-8-4-5-16-14-25(15-17-11-12-29(22)23(16)17)24(26-18-6-2-1-3-7-18)27-20-10-9-19(30(32)33)13-21(20)28-25/h9-10,13,16-18,23,28H,1-8,11-12,14-15H2,(H,26,27)/t16-,17+,23-,25+/m1/s1. The second kappa shape index (κ2) is 7.99. The van der Waals surface area contributed by atoms with Crippen LogP contribution in [0.4, 0.5) is 17.1 Å². The molecule has 5 aliphatic rings. The van der Waals surface area contributed by atoms with E-state index in [1.807, 2.05) is 0 Å². The van der Waals surface area contributed by atoms with Gasteiger partial charge in [0.2, 0.25) is 5.91 Å². The number of fused-ring (bicyclic) bond motifs is 1. The number of amides is 1. The number of nitro groups is 1. The van der Waals surface area contributed by atoms with Crippen molar-refractivity contribution in [2.24, 2.45) is 16.8 Å². The number of amidine groups is 1. The summed E-state index contributed by atoms with van der Waals surface area (Å²) in [6.45, 7) is 0.866. The van der Waals surface area contributed by atoms with Gasteiger partial charge in [-0.3, -0.25) is 19.9 Å². The number of nitrogens with zero attached hydrogens (tertiary/aromatic N) is 3. The highest BCUT2D eigenvalue weighted by Crippen LogP contribution is 2.51. The lowest BCUT2D eigenvalue weighted by Gasteiger charge is -2.51. The molecule has 2 N–H and O–H groups in total. The van der Waals surface area contributed by atoms with E-state index in [0.29, 0.717) is 36.2 Å². The fourth-order valence-electron chi connectivity index (χ4n) is 7.33. The summed E-state index contributed by atoms with van der Waals surface area (Å²) in [5, 5.41) is 18.9. The van der Waals surface area contributed by atoms with Crippen molar-refractivity contribution < 1.29 is 9.72 Å². The summed E-state index contributed by atoms with van der Waals surface area (Å²) < 4.78 is 0. The van der Waals surface area contributed by atoms with Crippen molar-refractivity contribution >= 4 is 28.8 Å². The van der Waals surface area contributed by atoms with Gasteiger partial charge in [0.25, 0.3) is 5.69 Å². The van der Waals surface area contributed by atoms with Gasteiger partial charge in [0, 0.05) is 31.1 Å². The third-order valence-corrected chi connectivity index (χ3v) is 8.75. The number of non-ortho nitro benzene ring substituents is 1. The van der Waals surface area contributed by atoms with Crippen molar-refractivity contribution in [3.8, 4) is 0 Å². The molecule has 0 aromatic heterocycles. The van der Waals surface area contributed by atoms with E-state index in [0.717, 1.165) is 68.7 Å². The molecule has 1 amide bonds. The first kappa shape index (κ1) is 20.9. The topological polar surface area (TPSA) is 99.9 Å². The molecule has 1 aromatic rings. The highest BCUT2D eigenvalue weighted by Gasteiger charge is 2.55. The third-order valence-electron chi connectivity index (χ3n) is 8.75. The van der Waals surface area contributed by atoms with Gasteiger partial charge in [-0.1, -0.05) is 19.3 Å². The Kier molecular flexibility index (Phi) is 5.07. The number of anilines is 2. The van der Waals surface area contributed by atoms with Crippen LogP contribution in [0.2, 0.25) is 0 Å². The second-order valence-electron chi connectivity index (χ2n) is 10.8. The smallest absolute Gasteiger partial charge is 0.271 e. The summed E-state index contributed by atoms with van der Waals surface area (Å²) in [6, 6.07) is 5.71. The van der Waals surface area contributed by atoms with Gasteiger partial charge >= 0.3 is 0 Å². The third kappa shape index (κ3) is 3.58. The van der Waals surface area contributed by atoms with Crippen LogP contribution >= 0.6 is 0 Å². The number of aliphatic imine (C=N–C) groups is 1. The van der Waals surface area contributed by atoms with E-state index in [1.54, 1.807) is 18.2 Å². The van der Waals surface area contributed by atoms with Crippen LogP contribution in [-0.4, -0.2) is 45.7 Å². The van der Waals surface area contributed by atoms with E-state index in [4.69, 9.17) is 4.99 Å². The Bertz CT molecular complexity index is 1000. The lowest BCUT2D eigenvalue weighted by atomic mass is 9.65. The van der Waals surface area contributed by atoms with Crippen LogP contribution < -0.4 is 10.6 Å². The average molecular weight is 452 g/mol. The highest BCUT2D eigenvalue weighted by molar-refractivity contribution is 6.10. The molecule has 2 aliphatic carbocycles. The van der Waals surface area contributed by atoms with Gasteiger partial charge in [0.1, 0.15) is 5.84 Å². The summed E-state index contributed by atoms with van der Waals surface area (Å²) in [5.41, 5.74) is 1.41. The highest BCUT2D eigenvalue weighted by atomic mass is 16.6. The fourth-order valence-corrected chi connectivity index (χ4v) is 7.33. The maximum Gasteiger partial charge on any atom is 0.271 e. The minimum absolute atomic E-state index is 0.103. The summed E-state index contributed by atoms with van der Waals surface area (Å²) >= 11 is 0. The summed E-state index contributed by atoms with van der Waals surface area (Å²) in [4.78, 5) is 31.3. The molecule has 33 heavy (non-hydrogen) atoms. The molecular formula is C25H33N5O3. The van der Waals surface area contributed by atoms with Gasteiger partial charge in [-0.05, 0) is 62.8 Å². The average Bonchev–Trinajstić information content (AvgIpc) is 3.16. The van der Waals surface area contributed by atoms with E-state index in [9.17, 15) is 14.9 Å².